The highest BCUT2D eigenvalue weighted by Crippen LogP contribution is 2.45. The minimum atomic E-state index is -0.833. The fraction of sp³-hybridized carbons (Fsp3) is 0.500. The van der Waals surface area contributed by atoms with Crippen LogP contribution in [-0.4, -0.2) is 41.3 Å². The molecule has 7 nitrogen and oxygen atoms in total. The number of hydrogen-bond donors (Lipinski definition) is 3. The molecule has 3 N–H and O–H groups in total. The lowest BCUT2D eigenvalue weighted by molar-refractivity contribution is -0.134. The van der Waals surface area contributed by atoms with Gasteiger partial charge in [0.1, 0.15) is 5.69 Å². The molecular formula is C14H20N4O3. The smallest absolute Gasteiger partial charge is 0.300 e. The molecule has 2 heterocycles. The Labute approximate surface area is 122 Å². The highest BCUT2D eigenvalue weighted by atomic mass is 16.4. The number of carboxylic acids is 1. The molecule has 0 saturated heterocycles. The lowest BCUT2D eigenvalue weighted by Crippen LogP contribution is -2.23. The summed E-state index contributed by atoms with van der Waals surface area (Å²) in [7, 11) is 0. The molecule has 1 unspecified atom stereocenters. The van der Waals surface area contributed by atoms with Crippen molar-refractivity contribution in [3.05, 3.63) is 24.4 Å². The van der Waals surface area contributed by atoms with Gasteiger partial charge in [0.2, 0.25) is 0 Å². The third-order valence-electron chi connectivity index (χ3n) is 3.67. The zero-order chi connectivity index (χ0) is 15.6. The summed E-state index contributed by atoms with van der Waals surface area (Å²) in [6.45, 7) is 5.08. The van der Waals surface area contributed by atoms with Crippen molar-refractivity contribution in [2.75, 3.05) is 0 Å². The number of aliphatic hydroxyl groups is 1. The molecule has 1 aliphatic rings. The second kappa shape index (κ2) is 5.69. The summed E-state index contributed by atoms with van der Waals surface area (Å²) in [5.74, 6) is -0.0171. The first-order valence-electron chi connectivity index (χ1n) is 6.80. The monoisotopic (exact) mass is 292 g/mol. The second-order valence-electron chi connectivity index (χ2n) is 5.33. The maximum absolute atomic E-state index is 10.2. The van der Waals surface area contributed by atoms with E-state index < -0.39 is 11.6 Å². The standard InChI is InChI=1S/C12H16N4O.C2H4O2/c1-8-10(15-7-14-8)11-13-5-6-16(11)9(2)12(17)3-4-12;1-2(3)4/h5-7,9,17H,3-4H2,1-2H3,(H,14,15);1H3,(H,3,4). The molecule has 2 aromatic rings. The predicted molar refractivity (Wildman–Crippen MR) is 76.8 cm³/mol. The summed E-state index contributed by atoms with van der Waals surface area (Å²) in [5, 5.41) is 17.6. The number of aliphatic carboxylic acids is 1. The van der Waals surface area contributed by atoms with E-state index in [1.807, 2.05) is 24.6 Å². The molecule has 0 aliphatic heterocycles. The van der Waals surface area contributed by atoms with Crippen LogP contribution >= 0.6 is 0 Å². The minimum Gasteiger partial charge on any atom is -0.481 e. The van der Waals surface area contributed by atoms with Crippen LogP contribution in [0.4, 0.5) is 0 Å². The van der Waals surface area contributed by atoms with Crippen LogP contribution in [-0.2, 0) is 4.79 Å². The Morgan fingerprint density at radius 3 is 2.57 bits per heavy atom. The molecule has 2 aromatic heterocycles. The fourth-order valence-electron chi connectivity index (χ4n) is 2.20. The largest absolute Gasteiger partial charge is 0.481 e. The highest BCUT2D eigenvalue weighted by molar-refractivity contribution is 5.63. The molecule has 0 radical (unpaired) electrons. The van der Waals surface area contributed by atoms with Crippen molar-refractivity contribution in [3.63, 3.8) is 0 Å². The van der Waals surface area contributed by atoms with Crippen LogP contribution in [0.2, 0.25) is 0 Å². The van der Waals surface area contributed by atoms with E-state index in [4.69, 9.17) is 9.90 Å². The molecule has 1 atom stereocenters. The van der Waals surface area contributed by atoms with Crippen LogP contribution in [0.5, 0.6) is 0 Å². The molecule has 1 saturated carbocycles. The van der Waals surface area contributed by atoms with Crippen LogP contribution in [0.25, 0.3) is 11.5 Å². The summed E-state index contributed by atoms with van der Waals surface area (Å²) in [6, 6.07) is 0.0381. The summed E-state index contributed by atoms with van der Waals surface area (Å²) >= 11 is 0. The number of aryl methyl sites for hydroxylation is 1. The molecule has 114 valence electrons. The van der Waals surface area contributed by atoms with Crippen molar-refractivity contribution in [1.29, 1.82) is 0 Å². The van der Waals surface area contributed by atoms with Crippen LogP contribution in [0.15, 0.2) is 18.7 Å². The topological polar surface area (TPSA) is 104 Å². The van der Waals surface area contributed by atoms with E-state index in [2.05, 4.69) is 15.0 Å². The Morgan fingerprint density at radius 1 is 1.48 bits per heavy atom. The van der Waals surface area contributed by atoms with Crippen molar-refractivity contribution in [3.8, 4) is 11.5 Å². The van der Waals surface area contributed by atoms with Gasteiger partial charge in [-0.3, -0.25) is 4.79 Å². The first-order chi connectivity index (χ1) is 9.85. The SMILES string of the molecule is CC(=O)O.Cc1[nH]cnc1-c1nccn1C(C)C1(O)CC1. The maximum atomic E-state index is 10.2. The Bertz CT molecular complexity index is 624. The number of aromatic nitrogens is 4. The lowest BCUT2D eigenvalue weighted by atomic mass is 10.1. The van der Waals surface area contributed by atoms with Crippen LogP contribution in [0, 0.1) is 6.92 Å². The second-order valence-corrected chi connectivity index (χ2v) is 5.33. The van der Waals surface area contributed by atoms with E-state index in [1.165, 1.54) is 0 Å². The third kappa shape index (κ3) is 3.30. The third-order valence-corrected chi connectivity index (χ3v) is 3.67. The van der Waals surface area contributed by atoms with Gasteiger partial charge in [0.05, 0.1) is 18.0 Å². The van der Waals surface area contributed by atoms with E-state index in [0.717, 1.165) is 37.0 Å². The van der Waals surface area contributed by atoms with E-state index in [-0.39, 0.29) is 6.04 Å². The molecule has 1 aliphatic carbocycles. The quantitative estimate of drug-likeness (QED) is 0.799. The molecule has 1 fully saturated rings. The summed E-state index contributed by atoms with van der Waals surface area (Å²) in [6.07, 6.45) is 7.06. The minimum absolute atomic E-state index is 0.0381. The molecule has 3 rings (SSSR count). The molecule has 0 aromatic carbocycles. The number of rotatable bonds is 3. The summed E-state index contributed by atoms with van der Waals surface area (Å²) in [4.78, 5) is 20.7. The zero-order valence-electron chi connectivity index (χ0n) is 12.4. The average Bonchev–Trinajstić information content (AvgIpc) is 2.83. The van der Waals surface area contributed by atoms with Crippen molar-refractivity contribution in [2.24, 2.45) is 0 Å². The molecule has 21 heavy (non-hydrogen) atoms. The summed E-state index contributed by atoms with van der Waals surface area (Å²) < 4.78 is 2.01. The Morgan fingerprint density at radius 2 is 2.10 bits per heavy atom. The number of aromatic amines is 1. The maximum Gasteiger partial charge on any atom is 0.300 e. The van der Waals surface area contributed by atoms with E-state index in [1.54, 1.807) is 12.5 Å². The van der Waals surface area contributed by atoms with Crippen LogP contribution < -0.4 is 0 Å². The van der Waals surface area contributed by atoms with Gasteiger partial charge in [-0.25, -0.2) is 9.97 Å². The number of carbonyl (C=O) groups is 1. The van der Waals surface area contributed by atoms with Crippen molar-refractivity contribution >= 4 is 5.97 Å². The van der Waals surface area contributed by atoms with Gasteiger partial charge in [-0.2, -0.15) is 0 Å². The lowest BCUT2D eigenvalue weighted by Gasteiger charge is -2.21. The highest BCUT2D eigenvalue weighted by Gasteiger charge is 2.47. The predicted octanol–water partition coefficient (Wildman–Crippen LogP) is 1.76. The van der Waals surface area contributed by atoms with Gasteiger partial charge < -0.3 is 19.8 Å². The Kier molecular flexibility index (Phi) is 4.13. The van der Waals surface area contributed by atoms with E-state index in [9.17, 15) is 5.11 Å². The molecule has 7 heteroatoms. The number of nitrogens with one attached hydrogen (secondary N) is 1. The number of nitrogens with zero attached hydrogens (tertiary/aromatic N) is 3. The van der Waals surface area contributed by atoms with Crippen LogP contribution in [0.1, 0.15) is 38.4 Å². The first kappa shape index (κ1) is 15.2. The molecule has 0 spiro atoms. The first-order valence-corrected chi connectivity index (χ1v) is 6.80. The van der Waals surface area contributed by atoms with E-state index in [0.29, 0.717) is 0 Å². The normalized spacial score (nSPS) is 16.8. The van der Waals surface area contributed by atoms with Crippen molar-refractivity contribution in [1.82, 2.24) is 19.5 Å². The number of H-pyrrole nitrogens is 1. The van der Waals surface area contributed by atoms with Gasteiger partial charge in [0, 0.05) is 25.0 Å². The Balaban J connectivity index is 0.000000361. The van der Waals surface area contributed by atoms with Crippen molar-refractivity contribution in [2.45, 2.75) is 45.3 Å². The number of hydrogen-bond acceptors (Lipinski definition) is 4. The van der Waals surface area contributed by atoms with Crippen LogP contribution in [0.3, 0.4) is 0 Å². The molecular weight excluding hydrogens is 272 g/mol. The number of imidazole rings is 2. The van der Waals surface area contributed by atoms with Gasteiger partial charge in [0.15, 0.2) is 5.82 Å². The summed E-state index contributed by atoms with van der Waals surface area (Å²) in [5.41, 5.74) is 1.29. The average molecular weight is 292 g/mol. The molecule has 0 amide bonds. The van der Waals surface area contributed by atoms with Crippen molar-refractivity contribution < 1.29 is 15.0 Å². The zero-order valence-corrected chi connectivity index (χ0v) is 12.4. The fourth-order valence-corrected chi connectivity index (χ4v) is 2.20. The van der Waals surface area contributed by atoms with Gasteiger partial charge in [-0.05, 0) is 26.7 Å². The van der Waals surface area contributed by atoms with Gasteiger partial charge in [0.25, 0.3) is 5.97 Å². The Hall–Kier alpha value is -2.15. The van der Waals surface area contributed by atoms with E-state index >= 15 is 0 Å². The van der Waals surface area contributed by atoms with Gasteiger partial charge in [-0.1, -0.05) is 0 Å². The van der Waals surface area contributed by atoms with Gasteiger partial charge >= 0.3 is 0 Å². The van der Waals surface area contributed by atoms with Gasteiger partial charge in [-0.15, -0.1) is 0 Å². The number of carboxylic acid groups (broad SMARTS) is 1. The molecule has 0 bridgehead atoms.